The van der Waals surface area contributed by atoms with E-state index in [9.17, 15) is 9.90 Å². The van der Waals surface area contributed by atoms with E-state index in [1.165, 1.54) is 0 Å². The third-order valence-corrected chi connectivity index (χ3v) is 4.40. The number of pyridine rings is 1. The number of rotatable bonds is 5. The zero-order chi connectivity index (χ0) is 16.4. The first-order valence-electron chi connectivity index (χ1n) is 8.05. The van der Waals surface area contributed by atoms with E-state index >= 15 is 0 Å². The van der Waals surface area contributed by atoms with Crippen molar-refractivity contribution in [1.82, 2.24) is 4.98 Å². The molecular weight excluding hydrogens is 292 g/mol. The summed E-state index contributed by atoms with van der Waals surface area (Å²) < 4.78 is 5.14. The van der Waals surface area contributed by atoms with Gasteiger partial charge in [0.25, 0.3) is 0 Å². The van der Waals surface area contributed by atoms with Gasteiger partial charge >= 0.3 is 5.97 Å². The zero-order valence-electron chi connectivity index (χ0n) is 13.6. The van der Waals surface area contributed by atoms with Gasteiger partial charge < -0.3 is 15.2 Å². The van der Waals surface area contributed by atoms with Gasteiger partial charge in [0, 0.05) is 18.1 Å². The van der Waals surface area contributed by atoms with Gasteiger partial charge in [-0.2, -0.15) is 0 Å². The minimum atomic E-state index is -0.675. The number of esters is 1. The first kappa shape index (κ1) is 15.7. The lowest BCUT2D eigenvalue weighted by molar-refractivity contribution is -0.0202. The topological polar surface area (TPSA) is 71.5 Å². The molecule has 3 rings (SSSR count). The summed E-state index contributed by atoms with van der Waals surface area (Å²) >= 11 is 0. The number of benzene rings is 1. The van der Waals surface area contributed by atoms with Gasteiger partial charge in [0.05, 0.1) is 23.4 Å². The fraction of sp³-hybridized carbons (Fsp3) is 0.444. The highest BCUT2D eigenvalue weighted by Gasteiger charge is 2.34. The van der Waals surface area contributed by atoms with Crippen LogP contribution < -0.4 is 5.32 Å². The summed E-state index contributed by atoms with van der Waals surface area (Å²) in [6, 6.07) is 5.92. The Morgan fingerprint density at radius 2 is 2.22 bits per heavy atom. The molecule has 122 valence electrons. The van der Waals surface area contributed by atoms with Crippen LogP contribution in [0.25, 0.3) is 10.9 Å². The molecule has 1 fully saturated rings. The summed E-state index contributed by atoms with van der Waals surface area (Å²) in [5.41, 5.74) is 2.33. The summed E-state index contributed by atoms with van der Waals surface area (Å²) in [6.45, 7) is 4.51. The molecule has 0 atom stereocenters. The van der Waals surface area contributed by atoms with Gasteiger partial charge in [0.1, 0.15) is 5.56 Å². The van der Waals surface area contributed by atoms with Crippen LogP contribution in [0, 0.1) is 6.92 Å². The van der Waals surface area contributed by atoms with Crippen molar-refractivity contribution in [3.8, 4) is 0 Å². The number of ether oxygens (including phenoxy) is 1. The predicted molar refractivity (Wildman–Crippen MR) is 89.7 cm³/mol. The summed E-state index contributed by atoms with van der Waals surface area (Å²) in [5, 5.41) is 14.5. The van der Waals surface area contributed by atoms with Gasteiger partial charge in [0.2, 0.25) is 0 Å². The van der Waals surface area contributed by atoms with E-state index in [2.05, 4.69) is 10.3 Å². The maximum atomic E-state index is 12.2. The Hall–Kier alpha value is -2.14. The maximum Gasteiger partial charge on any atom is 0.341 e. The number of hydrogen-bond donors (Lipinski definition) is 2. The molecule has 1 aliphatic carbocycles. The van der Waals surface area contributed by atoms with E-state index in [0.29, 0.717) is 24.4 Å². The highest BCUT2D eigenvalue weighted by atomic mass is 16.5. The summed E-state index contributed by atoms with van der Waals surface area (Å²) in [4.78, 5) is 16.6. The van der Waals surface area contributed by atoms with E-state index in [0.717, 1.165) is 35.7 Å². The molecule has 0 radical (unpaired) electrons. The molecule has 0 bridgehead atoms. The van der Waals surface area contributed by atoms with Crippen molar-refractivity contribution in [2.45, 2.75) is 38.7 Å². The van der Waals surface area contributed by atoms with E-state index in [1.54, 1.807) is 13.1 Å². The van der Waals surface area contributed by atoms with Gasteiger partial charge in [-0.15, -0.1) is 0 Å². The first-order valence-corrected chi connectivity index (χ1v) is 8.05. The van der Waals surface area contributed by atoms with Crippen LogP contribution in [0.5, 0.6) is 0 Å². The number of carbonyl (C=O) groups is 1. The van der Waals surface area contributed by atoms with Crippen LogP contribution in [-0.2, 0) is 4.74 Å². The number of nitrogens with zero attached hydrogens (tertiary/aromatic N) is 1. The molecule has 0 amide bonds. The molecule has 0 unspecified atom stereocenters. The molecule has 1 aromatic heterocycles. The minimum Gasteiger partial charge on any atom is -0.462 e. The Balaban J connectivity index is 2.02. The molecule has 2 N–H and O–H groups in total. The first-order chi connectivity index (χ1) is 11.0. The van der Waals surface area contributed by atoms with Gasteiger partial charge in [0.15, 0.2) is 0 Å². The second kappa shape index (κ2) is 6.16. The molecule has 1 aliphatic rings. The Bertz CT molecular complexity index is 738. The van der Waals surface area contributed by atoms with E-state index < -0.39 is 11.6 Å². The predicted octanol–water partition coefficient (Wildman–Crippen LogP) is 3.05. The van der Waals surface area contributed by atoms with E-state index in [-0.39, 0.29) is 0 Å². The van der Waals surface area contributed by atoms with Crippen LogP contribution in [0.15, 0.2) is 24.4 Å². The SMILES string of the molecule is CCOC(=O)c1cnc2ccc(C)cc2c1NCC1(O)CCC1. The molecule has 5 heteroatoms. The maximum absolute atomic E-state index is 12.2. The number of hydrogen-bond acceptors (Lipinski definition) is 5. The molecular formula is C18H22N2O3. The van der Waals surface area contributed by atoms with Gasteiger partial charge in [-0.25, -0.2) is 4.79 Å². The molecule has 5 nitrogen and oxygen atoms in total. The Morgan fingerprint density at radius 1 is 1.43 bits per heavy atom. The second-order valence-corrected chi connectivity index (χ2v) is 6.22. The van der Waals surface area contributed by atoms with Crippen LogP contribution in [0.4, 0.5) is 5.69 Å². The average Bonchev–Trinajstić information content (AvgIpc) is 2.50. The van der Waals surface area contributed by atoms with Crippen LogP contribution >= 0.6 is 0 Å². The van der Waals surface area contributed by atoms with Crippen molar-refractivity contribution in [3.63, 3.8) is 0 Å². The van der Waals surface area contributed by atoms with Crippen LogP contribution in [0.2, 0.25) is 0 Å². The Labute approximate surface area is 135 Å². The van der Waals surface area contributed by atoms with Crippen molar-refractivity contribution < 1.29 is 14.6 Å². The molecule has 23 heavy (non-hydrogen) atoms. The van der Waals surface area contributed by atoms with Crippen molar-refractivity contribution in [3.05, 3.63) is 35.5 Å². The van der Waals surface area contributed by atoms with Crippen LogP contribution in [0.3, 0.4) is 0 Å². The normalized spacial score (nSPS) is 16.0. The smallest absolute Gasteiger partial charge is 0.341 e. The van der Waals surface area contributed by atoms with Crippen molar-refractivity contribution >= 4 is 22.6 Å². The summed E-state index contributed by atoms with van der Waals surface area (Å²) in [5.74, 6) is -0.397. The number of carbonyl (C=O) groups excluding carboxylic acids is 1. The van der Waals surface area contributed by atoms with Gasteiger partial charge in [-0.3, -0.25) is 4.98 Å². The van der Waals surface area contributed by atoms with Crippen molar-refractivity contribution in [2.24, 2.45) is 0 Å². The van der Waals surface area contributed by atoms with E-state index in [1.807, 2.05) is 25.1 Å². The standard InChI is InChI=1S/C18H22N2O3/c1-3-23-17(21)14-10-19-15-6-5-12(2)9-13(15)16(14)20-11-18(22)7-4-8-18/h5-6,9-10,22H,3-4,7-8,11H2,1-2H3,(H,19,20). The van der Waals surface area contributed by atoms with Crippen LogP contribution in [0.1, 0.15) is 42.1 Å². The molecule has 0 saturated heterocycles. The number of aromatic nitrogens is 1. The third kappa shape index (κ3) is 3.15. The summed E-state index contributed by atoms with van der Waals surface area (Å²) in [7, 11) is 0. The average molecular weight is 314 g/mol. The van der Waals surface area contributed by atoms with E-state index in [4.69, 9.17) is 4.74 Å². The minimum absolute atomic E-state index is 0.314. The molecule has 2 aromatic rings. The monoisotopic (exact) mass is 314 g/mol. The molecule has 0 spiro atoms. The lowest BCUT2D eigenvalue weighted by Crippen LogP contribution is -2.43. The number of aryl methyl sites for hydroxylation is 1. The highest BCUT2D eigenvalue weighted by Crippen LogP contribution is 2.34. The van der Waals surface area contributed by atoms with Gasteiger partial charge in [-0.05, 0) is 45.2 Å². The number of aliphatic hydroxyl groups is 1. The van der Waals surface area contributed by atoms with Gasteiger partial charge in [-0.1, -0.05) is 11.6 Å². The Morgan fingerprint density at radius 3 is 2.87 bits per heavy atom. The second-order valence-electron chi connectivity index (χ2n) is 6.22. The summed E-state index contributed by atoms with van der Waals surface area (Å²) in [6.07, 6.45) is 4.16. The quantitative estimate of drug-likeness (QED) is 0.830. The van der Waals surface area contributed by atoms with Crippen molar-refractivity contribution in [2.75, 3.05) is 18.5 Å². The fourth-order valence-electron chi connectivity index (χ4n) is 2.88. The lowest BCUT2D eigenvalue weighted by Gasteiger charge is -2.37. The molecule has 1 saturated carbocycles. The highest BCUT2D eigenvalue weighted by molar-refractivity contribution is 6.05. The van der Waals surface area contributed by atoms with Crippen LogP contribution in [-0.4, -0.2) is 34.8 Å². The molecule has 1 aromatic carbocycles. The fourth-order valence-corrected chi connectivity index (χ4v) is 2.88. The molecule has 1 heterocycles. The Kier molecular flexibility index (Phi) is 4.22. The largest absolute Gasteiger partial charge is 0.462 e. The lowest BCUT2D eigenvalue weighted by atomic mass is 9.80. The third-order valence-electron chi connectivity index (χ3n) is 4.40. The zero-order valence-corrected chi connectivity index (χ0v) is 13.6. The number of fused-ring (bicyclic) bond motifs is 1. The van der Waals surface area contributed by atoms with Crippen molar-refractivity contribution in [1.29, 1.82) is 0 Å². The molecule has 0 aliphatic heterocycles. The number of nitrogens with one attached hydrogen (secondary N) is 1. The number of anilines is 1.